The molecule has 94 valence electrons. The SMILES string of the molecule is CC(C)CCCOCc1cccc(C(=O)O)n1. The topological polar surface area (TPSA) is 59.4 Å². The molecule has 1 aromatic heterocycles. The average Bonchev–Trinajstić information content (AvgIpc) is 2.28. The van der Waals surface area contributed by atoms with E-state index in [0.29, 0.717) is 24.8 Å². The number of ether oxygens (including phenoxy) is 1. The van der Waals surface area contributed by atoms with E-state index in [9.17, 15) is 4.79 Å². The first-order chi connectivity index (χ1) is 8.09. The predicted molar refractivity (Wildman–Crippen MR) is 64.9 cm³/mol. The fourth-order valence-electron chi connectivity index (χ4n) is 1.45. The van der Waals surface area contributed by atoms with E-state index in [2.05, 4.69) is 18.8 Å². The number of hydrogen-bond acceptors (Lipinski definition) is 3. The number of aromatic nitrogens is 1. The quantitative estimate of drug-likeness (QED) is 0.741. The van der Waals surface area contributed by atoms with Crippen LogP contribution in [0.15, 0.2) is 18.2 Å². The lowest BCUT2D eigenvalue weighted by molar-refractivity contribution is 0.0688. The molecule has 4 nitrogen and oxygen atoms in total. The van der Waals surface area contributed by atoms with Crippen LogP contribution < -0.4 is 0 Å². The Morgan fingerprint density at radius 2 is 2.24 bits per heavy atom. The van der Waals surface area contributed by atoms with Gasteiger partial charge in [0.05, 0.1) is 12.3 Å². The number of rotatable bonds is 7. The number of hydrogen-bond donors (Lipinski definition) is 1. The number of carboxylic acids is 1. The van der Waals surface area contributed by atoms with E-state index in [0.717, 1.165) is 12.8 Å². The molecule has 4 heteroatoms. The van der Waals surface area contributed by atoms with Crippen LogP contribution in [0, 0.1) is 5.92 Å². The van der Waals surface area contributed by atoms with Crippen molar-refractivity contribution in [2.45, 2.75) is 33.3 Å². The maximum absolute atomic E-state index is 10.7. The number of nitrogens with zero attached hydrogens (tertiary/aromatic N) is 1. The van der Waals surface area contributed by atoms with Gasteiger partial charge in [0.25, 0.3) is 0 Å². The molecular weight excluding hydrogens is 218 g/mol. The molecule has 1 heterocycles. The van der Waals surface area contributed by atoms with Gasteiger partial charge < -0.3 is 9.84 Å². The van der Waals surface area contributed by atoms with Gasteiger partial charge in [-0.25, -0.2) is 9.78 Å². The molecule has 0 radical (unpaired) electrons. The van der Waals surface area contributed by atoms with Crippen LogP contribution in [0.3, 0.4) is 0 Å². The molecule has 0 atom stereocenters. The van der Waals surface area contributed by atoms with E-state index < -0.39 is 5.97 Å². The zero-order valence-electron chi connectivity index (χ0n) is 10.3. The molecule has 0 aliphatic carbocycles. The van der Waals surface area contributed by atoms with Crippen LogP contribution in [0.2, 0.25) is 0 Å². The Balaban J connectivity index is 2.31. The van der Waals surface area contributed by atoms with E-state index in [-0.39, 0.29) is 5.69 Å². The Kier molecular flexibility index (Phi) is 5.63. The van der Waals surface area contributed by atoms with Gasteiger partial charge in [0.2, 0.25) is 0 Å². The van der Waals surface area contributed by atoms with E-state index in [1.807, 2.05) is 0 Å². The molecule has 0 saturated heterocycles. The van der Waals surface area contributed by atoms with Gasteiger partial charge in [-0.05, 0) is 30.9 Å². The molecule has 0 amide bonds. The summed E-state index contributed by atoms with van der Waals surface area (Å²) in [6.07, 6.45) is 2.17. The van der Waals surface area contributed by atoms with Gasteiger partial charge in [0, 0.05) is 6.61 Å². The Morgan fingerprint density at radius 1 is 1.47 bits per heavy atom. The van der Waals surface area contributed by atoms with Crippen molar-refractivity contribution in [3.63, 3.8) is 0 Å². The Bertz CT molecular complexity index is 363. The molecule has 0 aliphatic heterocycles. The summed E-state index contributed by atoms with van der Waals surface area (Å²) < 4.78 is 5.45. The second kappa shape index (κ2) is 7.01. The monoisotopic (exact) mass is 237 g/mol. The molecule has 17 heavy (non-hydrogen) atoms. The summed E-state index contributed by atoms with van der Waals surface area (Å²) in [4.78, 5) is 14.7. The molecule has 0 saturated carbocycles. The van der Waals surface area contributed by atoms with Crippen LogP contribution in [0.4, 0.5) is 0 Å². The zero-order valence-corrected chi connectivity index (χ0v) is 10.3. The van der Waals surface area contributed by atoms with E-state index in [1.165, 1.54) is 6.07 Å². The van der Waals surface area contributed by atoms with Crippen molar-refractivity contribution in [2.75, 3.05) is 6.61 Å². The fourth-order valence-corrected chi connectivity index (χ4v) is 1.45. The zero-order chi connectivity index (χ0) is 12.7. The largest absolute Gasteiger partial charge is 0.477 e. The van der Waals surface area contributed by atoms with Crippen molar-refractivity contribution in [2.24, 2.45) is 5.92 Å². The summed E-state index contributed by atoms with van der Waals surface area (Å²) in [5.74, 6) is -0.321. The number of carbonyl (C=O) groups is 1. The molecule has 0 bridgehead atoms. The third kappa shape index (κ3) is 5.45. The maximum Gasteiger partial charge on any atom is 0.354 e. The normalized spacial score (nSPS) is 10.8. The molecular formula is C13H19NO3. The molecule has 0 aromatic carbocycles. The Labute approximate surface area is 102 Å². The van der Waals surface area contributed by atoms with E-state index >= 15 is 0 Å². The van der Waals surface area contributed by atoms with Crippen molar-refractivity contribution in [3.05, 3.63) is 29.6 Å². The molecule has 1 N–H and O–H groups in total. The van der Waals surface area contributed by atoms with Crippen LogP contribution in [0.25, 0.3) is 0 Å². The van der Waals surface area contributed by atoms with Crippen LogP contribution >= 0.6 is 0 Å². The Morgan fingerprint density at radius 3 is 2.88 bits per heavy atom. The smallest absolute Gasteiger partial charge is 0.354 e. The highest BCUT2D eigenvalue weighted by Gasteiger charge is 2.04. The standard InChI is InChI=1S/C13H19NO3/c1-10(2)5-4-8-17-9-11-6-3-7-12(14-11)13(15)16/h3,6-7,10H,4-5,8-9H2,1-2H3,(H,15,16). The minimum Gasteiger partial charge on any atom is -0.477 e. The van der Waals surface area contributed by atoms with Crippen molar-refractivity contribution in [1.82, 2.24) is 4.98 Å². The molecule has 0 spiro atoms. The highest BCUT2D eigenvalue weighted by molar-refractivity contribution is 5.85. The first kappa shape index (κ1) is 13.6. The Hall–Kier alpha value is -1.42. The highest BCUT2D eigenvalue weighted by atomic mass is 16.5. The summed E-state index contributed by atoms with van der Waals surface area (Å²) >= 11 is 0. The minimum absolute atomic E-state index is 0.0632. The van der Waals surface area contributed by atoms with Gasteiger partial charge in [-0.15, -0.1) is 0 Å². The number of pyridine rings is 1. The van der Waals surface area contributed by atoms with E-state index in [1.54, 1.807) is 12.1 Å². The van der Waals surface area contributed by atoms with Crippen LogP contribution in [-0.2, 0) is 11.3 Å². The molecule has 0 unspecified atom stereocenters. The third-order valence-corrected chi connectivity index (χ3v) is 2.35. The van der Waals surface area contributed by atoms with Crippen LogP contribution in [0.5, 0.6) is 0 Å². The molecule has 0 fully saturated rings. The molecule has 1 aromatic rings. The maximum atomic E-state index is 10.7. The average molecular weight is 237 g/mol. The van der Waals surface area contributed by atoms with Gasteiger partial charge >= 0.3 is 5.97 Å². The van der Waals surface area contributed by atoms with Crippen molar-refractivity contribution < 1.29 is 14.6 Å². The lowest BCUT2D eigenvalue weighted by Crippen LogP contribution is -2.04. The van der Waals surface area contributed by atoms with Crippen LogP contribution in [0.1, 0.15) is 42.9 Å². The second-order valence-corrected chi connectivity index (χ2v) is 4.41. The summed E-state index contributed by atoms with van der Waals surface area (Å²) in [7, 11) is 0. The van der Waals surface area contributed by atoms with Gasteiger partial charge in [-0.1, -0.05) is 19.9 Å². The number of aromatic carboxylic acids is 1. The van der Waals surface area contributed by atoms with Gasteiger partial charge in [0.15, 0.2) is 0 Å². The van der Waals surface area contributed by atoms with Crippen molar-refractivity contribution in [1.29, 1.82) is 0 Å². The molecule has 0 aliphatic rings. The van der Waals surface area contributed by atoms with Gasteiger partial charge in [-0.2, -0.15) is 0 Å². The first-order valence-corrected chi connectivity index (χ1v) is 5.86. The number of carboxylic acid groups (broad SMARTS) is 1. The fraction of sp³-hybridized carbons (Fsp3) is 0.538. The summed E-state index contributed by atoms with van der Waals surface area (Å²) in [6.45, 7) is 5.42. The predicted octanol–water partition coefficient (Wildman–Crippen LogP) is 2.73. The summed E-state index contributed by atoms with van der Waals surface area (Å²) in [5, 5.41) is 8.78. The third-order valence-electron chi connectivity index (χ3n) is 2.35. The lowest BCUT2D eigenvalue weighted by atomic mass is 10.1. The van der Waals surface area contributed by atoms with Crippen molar-refractivity contribution in [3.8, 4) is 0 Å². The van der Waals surface area contributed by atoms with Crippen LogP contribution in [-0.4, -0.2) is 22.7 Å². The minimum atomic E-state index is -1.01. The second-order valence-electron chi connectivity index (χ2n) is 4.41. The molecule has 1 rings (SSSR count). The summed E-state index contributed by atoms with van der Waals surface area (Å²) in [5.41, 5.74) is 0.725. The highest BCUT2D eigenvalue weighted by Crippen LogP contribution is 2.05. The first-order valence-electron chi connectivity index (χ1n) is 5.86. The van der Waals surface area contributed by atoms with Gasteiger partial charge in [-0.3, -0.25) is 0 Å². The summed E-state index contributed by atoms with van der Waals surface area (Å²) in [6, 6.07) is 4.93. The lowest BCUT2D eigenvalue weighted by Gasteiger charge is -2.06. The van der Waals surface area contributed by atoms with E-state index in [4.69, 9.17) is 9.84 Å². The van der Waals surface area contributed by atoms with Gasteiger partial charge in [0.1, 0.15) is 5.69 Å². The van der Waals surface area contributed by atoms with Crippen molar-refractivity contribution >= 4 is 5.97 Å².